The molecule has 0 unspecified atom stereocenters. The summed E-state index contributed by atoms with van der Waals surface area (Å²) in [5.41, 5.74) is 1.29. The SMILES string of the molecule is C[C@]12CC[C@@H]3c4ccc(O)c(F)c4CC[C@H]3[C@@H]1C[C@@H](F)[C@@H]2O. The molecule has 0 saturated heterocycles. The van der Waals surface area contributed by atoms with Gasteiger partial charge in [-0.15, -0.1) is 0 Å². The summed E-state index contributed by atoms with van der Waals surface area (Å²) >= 11 is 0. The van der Waals surface area contributed by atoms with E-state index in [-0.39, 0.29) is 23.0 Å². The van der Waals surface area contributed by atoms with E-state index in [9.17, 15) is 19.0 Å². The number of phenolic OH excluding ortho intramolecular Hbond substituents is 1. The summed E-state index contributed by atoms with van der Waals surface area (Å²) in [5.74, 6) is -0.0571. The van der Waals surface area contributed by atoms with Gasteiger partial charge >= 0.3 is 0 Å². The summed E-state index contributed by atoms with van der Waals surface area (Å²) in [6.45, 7) is 2.02. The van der Waals surface area contributed by atoms with Crippen molar-refractivity contribution in [3.63, 3.8) is 0 Å². The lowest BCUT2D eigenvalue weighted by Crippen LogP contribution is -2.44. The van der Waals surface area contributed by atoms with Gasteiger partial charge in [-0.3, -0.25) is 0 Å². The van der Waals surface area contributed by atoms with Crippen LogP contribution in [0.2, 0.25) is 0 Å². The number of aliphatic hydroxyl groups excluding tert-OH is 1. The summed E-state index contributed by atoms with van der Waals surface area (Å²) in [6, 6.07) is 3.28. The van der Waals surface area contributed by atoms with Crippen molar-refractivity contribution < 1.29 is 19.0 Å². The molecule has 0 spiro atoms. The fourth-order valence-electron chi connectivity index (χ4n) is 5.56. The summed E-state index contributed by atoms with van der Waals surface area (Å²) in [6.07, 6.45) is 1.48. The van der Waals surface area contributed by atoms with E-state index >= 15 is 0 Å². The summed E-state index contributed by atoms with van der Waals surface area (Å²) in [5, 5.41) is 19.8. The predicted octanol–water partition coefficient (Wildman–Crippen LogP) is 3.70. The van der Waals surface area contributed by atoms with Crippen molar-refractivity contribution in [1.29, 1.82) is 0 Å². The molecule has 0 bridgehead atoms. The monoisotopic (exact) mass is 308 g/mol. The second-order valence-corrected chi connectivity index (χ2v) is 7.62. The average Bonchev–Trinajstić information content (AvgIpc) is 2.74. The minimum absolute atomic E-state index is 0.168. The van der Waals surface area contributed by atoms with Crippen LogP contribution in [0, 0.1) is 23.1 Å². The smallest absolute Gasteiger partial charge is 0.168 e. The maximum Gasteiger partial charge on any atom is 0.168 e. The fourth-order valence-corrected chi connectivity index (χ4v) is 5.56. The van der Waals surface area contributed by atoms with Crippen LogP contribution in [0.1, 0.15) is 49.7 Å². The third-order valence-corrected chi connectivity index (χ3v) is 6.76. The van der Waals surface area contributed by atoms with Crippen molar-refractivity contribution in [1.82, 2.24) is 0 Å². The molecule has 1 aromatic rings. The lowest BCUT2D eigenvalue weighted by molar-refractivity contribution is -0.0366. The van der Waals surface area contributed by atoms with Crippen LogP contribution in [0.5, 0.6) is 5.75 Å². The first kappa shape index (κ1) is 14.4. The number of aliphatic hydroxyl groups is 1. The molecule has 0 radical (unpaired) electrons. The van der Waals surface area contributed by atoms with Crippen LogP contribution in [0.25, 0.3) is 0 Å². The first-order valence-electron chi connectivity index (χ1n) is 8.26. The summed E-state index contributed by atoms with van der Waals surface area (Å²) in [4.78, 5) is 0. The minimum Gasteiger partial charge on any atom is -0.505 e. The maximum atomic E-state index is 14.2. The van der Waals surface area contributed by atoms with Crippen LogP contribution in [-0.4, -0.2) is 22.5 Å². The molecule has 2 saturated carbocycles. The van der Waals surface area contributed by atoms with Crippen molar-refractivity contribution in [2.75, 3.05) is 0 Å². The Hall–Kier alpha value is -1.16. The fraction of sp³-hybridized carbons (Fsp3) is 0.667. The third-order valence-electron chi connectivity index (χ3n) is 6.76. The number of hydrogen-bond donors (Lipinski definition) is 2. The zero-order valence-corrected chi connectivity index (χ0v) is 12.7. The second kappa shape index (κ2) is 4.67. The van der Waals surface area contributed by atoms with Crippen molar-refractivity contribution in [3.8, 4) is 5.75 Å². The number of rotatable bonds is 0. The van der Waals surface area contributed by atoms with E-state index in [0.29, 0.717) is 24.3 Å². The van der Waals surface area contributed by atoms with E-state index in [1.807, 2.05) is 13.0 Å². The number of halogens is 2. The molecule has 0 heterocycles. The second-order valence-electron chi connectivity index (χ2n) is 7.62. The van der Waals surface area contributed by atoms with Gasteiger partial charge in [0.05, 0.1) is 6.10 Å². The lowest BCUT2D eigenvalue weighted by atomic mass is 9.55. The molecule has 1 aromatic carbocycles. The molecule has 22 heavy (non-hydrogen) atoms. The standard InChI is InChI=1S/C18H22F2O2/c1-18-7-6-10-9-4-5-15(21)16(20)12(9)3-2-11(10)13(18)8-14(19)17(18)22/h4-5,10-11,13-14,17,21-22H,2-3,6-8H2,1H3/t10-,11-,13+,14-,17+,18+/m1/s1. The predicted molar refractivity (Wildman–Crippen MR) is 79.0 cm³/mol. The first-order valence-corrected chi connectivity index (χ1v) is 8.26. The molecule has 0 aromatic heterocycles. The topological polar surface area (TPSA) is 40.5 Å². The molecule has 6 atom stereocenters. The van der Waals surface area contributed by atoms with Crippen LogP contribution in [0.3, 0.4) is 0 Å². The van der Waals surface area contributed by atoms with E-state index in [4.69, 9.17) is 0 Å². The Morgan fingerprint density at radius 3 is 2.82 bits per heavy atom. The lowest BCUT2D eigenvalue weighted by Gasteiger charge is -2.49. The number of hydrogen-bond acceptors (Lipinski definition) is 2. The number of alkyl halides is 1. The van der Waals surface area contributed by atoms with Crippen LogP contribution in [0.15, 0.2) is 12.1 Å². The molecule has 0 aliphatic heterocycles. The van der Waals surface area contributed by atoms with E-state index in [0.717, 1.165) is 24.8 Å². The molecule has 2 N–H and O–H groups in total. The van der Waals surface area contributed by atoms with Crippen molar-refractivity contribution in [3.05, 3.63) is 29.1 Å². The molecule has 2 fully saturated rings. The van der Waals surface area contributed by atoms with E-state index < -0.39 is 18.1 Å². The van der Waals surface area contributed by atoms with Crippen LogP contribution < -0.4 is 0 Å². The van der Waals surface area contributed by atoms with Crippen LogP contribution in [0.4, 0.5) is 8.78 Å². The number of fused-ring (bicyclic) bond motifs is 5. The highest BCUT2D eigenvalue weighted by molar-refractivity contribution is 5.41. The number of benzene rings is 1. The highest BCUT2D eigenvalue weighted by atomic mass is 19.1. The molecule has 2 nitrogen and oxygen atoms in total. The largest absolute Gasteiger partial charge is 0.505 e. The van der Waals surface area contributed by atoms with Crippen LogP contribution in [-0.2, 0) is 6.42 Å². The molecular weight excluding hydrogens is 286 g/mol. The molecule has 120 valence electrons. The Labute approximate surface area is 129 Å². The van der Waals surface area contributed by atoms with Crippen molar-refractivity contribution >= 4 is 0 Å². The highest BCUT2D eigenvalue weighted by Crippen LogP contribution is 2.61. The average molecular weight is 308 g/mol. The zero-order valence-electron chi connectivity index (χ0n) is 12.7. The normalized spacial score (nSPS) is 43.4. The van der Waals surface area contributed by atoms with Gasteiger partial charge in [0.1, 0.15) is 6.17 Å². The molecule has 4 rings (SSSR count). The third kappa shape index (κ3) is 1.73. The highest BCUT2D eigenvalue weighted by Gasteiger charge is 2.58. The maximum absolute atomic E-state index is 14.2. The van der Waals surface area contributed by atoms with Crippen molar-refractivity contribution in [2.45, 2.75) is 57.2 Å². The van der Waals surface area contributed by atoms with Gasteiger partial charge < -0.3 is 10.2 Å². The molecular formula is C18H22F2O2. The van der Waals surface area contributed by atoms with Gasteiger partial charge in [-0.05, 0) is 72.5 Å². The van der Waals surface area contributed by atoms with E-state index in [2.05, 4.69) is 0 Å². The van der Waals surface area contributed by atoms with Gasteiger partial charge in [-0.2, -0.15) is 0 Å². The minimum atomic E-state index is -1.13. The van der Waals surface area contributed by atoms with E-state index in [1.54, 1.807) is 0 Å². The Kier molecular flexibility index (Phi) is 3.06. The first-order chi connectivity index (χ1) is 10.4. The number of aromatic hydroxyl groups is 1. The van der Waals surface area contributed by atoms with Gasteiger partial charge in [0.25, 0.3) is 0 Å². The quantitative estimate of drug-likeness (QED) is 0.767. The van der Waals surface area contributed by atoms with Gasteiger partial charge in [-0.1, -0.05) is 13.0 Å². The van der Waals surface area contributed by atoms with Gasteiger partial charge in [0, 0.05) is 0 Å². The Bertz CT molecular complexity index is 617. The zero-order chi connectivity index (χ0) is 15.6. The number of phenols is 1. The Morgan fingerprint density at radius 2 is 2.05 bits per heavy atom. The van der Waals surface area contributed by atoms with Crippen molar-refractivity contribution in [2.24, 2.45) is 17.3 Å². The molecule has 3 aliphatic rings. The van der Waals surface area contributed by atoms with E-state index in [1.165, 1.54) is 6.07 Å². The Balaban J connectivity index is 1.73. The summed E-state index contributed by atoms with van der Waals surface area (Å²) < 4.78 is 28.3. The molecule has 3 aliphatic carbocycles. The Morgan fingerprint density at radius 1 is 1.27 bits per heavy atom. The summed E-state index contributed by atoms with van der Waals surface area (Å²) in [7, 11) is 0. The molecule has 4 heteroatoms. The molecule has 0 amide bonds. The van der Waals surface area contributed by atoms with Gasteiger partial charge in [-0.25, -0.2) is 8.78 Å². The van der Waals surface area contributed by atoms with Crippen LogP contribution >= 0.6 is 0 Å². The van der Waals surface area contributed by atoms with Gasteiger partial charge in [0.2, 0.25) is 0 Å². The van der Waals surface area contributed by atoms with Gasteiger partial charge in [0.15, 0.2) is 11.6 Å².